The number of carbonyl (C=O) groups is 2. The Hall–Kier alpha value is -1.86. The number of carbonyl (C=O) groups excluding carboxylic acids is 2. The molecule has 1 atom stereocenters. The molecule has 1 aliphatic rings. The van der Waals surface area contributed by atoms with Crippen molar-refractivity contribution in [3.05, 3.63) is 22.5 Å². The summed E-state index contributed by atoms with van der Waals surface area (Å²) in [4.78, 5) is 29.5. The zero-order chi connectivity index (χ0) is 17.0. The molecule has 1 saturated heterocycles. The highest BCUT2D eigenvalue weighted by Crippen LogP contribution is 2.23. The van der Waals surface area contributed by atoms with E-state index in [1.54, 1.807) is 18.9 Å². The van der Waals surface area contributed by atoms with E-state index in [0.717, 1.165) is 0 Å². The van der Waals surface area contributed by atoms with Crippen molar-refractivity contribution in [1.29, 1.82) is 0 Å². The molecule has 128 valence electrons. The predicted molar refractivity (Wildman–Crippen MR) is 85.6 cm³/mol. The molecule has 0 aromatic carbocycles. The van der Waals surface area contributed by atoms with Gasteiger partial charge in [0.15, 0.2) is 0 Å². The number of aromatic amines is 1. The molecular weight excluding hydrogens is 298 g/mol. The number of hydrogen-bond acceptors (Lipinski definition) is 4. The van der Waals surface area contributed by atoms with Crippen LogP contribution in [0.25, 0.3) is 0 Å². The van der Waals surface area contributed by atoms with E-state index in [1.165, 1.54) is 0 Å². The van der Waals surface area contributed by atoms with Gasteiger partial charge in [-0.05, 0) is 25.3 Å². The fourth-order valence-corrected chi connectivity index (χ4v) is 3.11. The van der Waals surface area contributed by atoms with E-state index >= 15 is 0 Å². The van der Waals surface area contributed by atoms with Gasteiger partial charge in [-0.3, -0.25) is 9.59 Å². The van der Waals surface area contributed by atoms with Crippen LogP contribution in [-0.2, 0) is 15.9 Å². The molecule has 1 aliphatic heterocycles. The number of aryl methyl sites for hydroxylation is 1. The molecule has 23 heavy (non-hydrogen) atoms. The third kappa shape index (κ3) is 3.56. The second-order valence-corrected chi connectivity index (χ2v) is 5.71. The van der Waals surface area contributed by atoms with Crippen molar-refractivity contribution in [2.75, 3.05) is 33.5 Å². The van der Waals surface area contributed by atoms with Crippen molar-refractivity contribution in [3.8, 4) is 0 Å². The van der Waals surface area contributed by atoms with E-state index in [4.69, 9.17) is 15.2 Å². The first kappa shape index (κ1) is 17.5. The van der Waals surface area contributed by atoms with Gasteiger partial charge in [-0.15, -0.1) is 0 Å². The maximum Gasteiger partial charge on any atom is 0.270 e. The summed E-state index contributed by atoms with van der Waals surface area (Å²) in [7, 11) is 1.64. The lowest BCUT2D eigenvalue weighted by Gasteiger charge is -2.35. The number of nitrogens with one attached hydrogen (secondary N) is 1. The SMILES string of the molecule is CCc1c(C(=O)N2CCOCC2CCOC)[nH]c(C)c1C(N)=O. The smallest absolute Gasteiger partial charge is 0.270 e. The summed E-state index contributed by atoms with van der Waals surface area (Å²) < 4.78 is 10.6. The molecule has 2 rings (SSSR count). The molecular formula is C16H25N3O4. The minimum atomic E-state index is -0.507. The highest BCUT2D eigenvalue weighted by molar-refractivity contribution is 6.02. The summed E-state index contributed by atoms with van der Waals surface area (Å²) in [6.45, 7) is 5.78. The summed E-state index contributed by atoms with van der Waals surface area (Å²) in [5.41, 5.74) is 7.68. The summed E-state index contributed by atoms with van der Waals surface area (Å²) in [6, 6.07) is -0.0264. The number of nitrogens with two attached hydrogens (primary N) is 1. The predicted octanol–water partition coefficient (Wildman–Crippen LogP) is 0.862. The molecule has 2 heterocycles. The number of H-pyrrole nitrogens is 1. The van der Waals surface area contributed by atoms with Gasteiger partial charge in [0.2, 0.25) is 0 Å². The Morgan fingerprint density at radius 2 is 2.22 bits per heavy atom. The number of primary amides is 1. The number of morpholine rings is 1. The third-order valence-corrected chi connectivity index (χ3v) is 4.25. The van der Waals surface area contributed by atoms with Crippen LogP contribution in [-0.4, -0.2) is 61.2 Å². The van der Waals surface area contributed by atoms with E-state index in [1.807, 2.05) is 6.92 Å². The Kier molecular flexibility index (Phi) is 5.79. The van der Waals surface area contributed by atoms with Gasteiger partial charge in [-0.25, -0.2) is 0 Å². The van der Waals surface area contributed by atoms with E-state index in [9.17, 15) is 9.59 Å². The molecule has 0 spiro atoms. The van der Waals surface area contributed by atoms with Crippen LogP contribution in [0.15, 0.2) is 0 Å². The second kappa shape index (κ2) is 7.61. The van der Waals surface area contributed by atoms with Crippen LogP contribution in [0.2, 0.25) is 0 Å². The van der Waals surface area contributed by atoms with Crippen LogP contribution in [0.3, 0.4) is 0 Å². The van der Waals surface area contributed by atoms with Gasteiger partial charge < -0.3 is 25.1 Å². The minimum Gasteiger partial charge on any atom is -0.385 e. The zero-order valence-corrected chi connectivity index (χ0v) is 14.0. The van der Waals surface area contributed by atoms with E-state index in [-0.39, 0.29) is 11.9 Å². The largest absolute Gasteiger partial charge is 0.385 e. The molecule has 0 saturated carbocycles. The van der Waals surface area contributed by atoms with Crippen LogP contribution < -0.4 is 5.73 Å². The van der Waals surface area contributed by atoms with Gasteiger partial charge in [-0.2, -0.15) is 0 Å². The fourth-order valence-electron chi connectivity index (χ4n) is 3.11. The summed E-state index contributed by atoms with van der Waals surface area (Å²) in [5.74, 6) is -0.616. The maximum absolute atomic E-state index is 13.0. The van der Waals surface area contributed by atoms with Crippen LogP contribution in [0.1, 0.15) is 45.4 Å². The number of amides is 2. The molecule has 1 fully saturated rings. The van der Waals surface area contributed by atoms with Gasteiger partial charge in [0.25, 0.3) is 11.8 Å². The number of aromatic nitrogens is 1. The molecule has 2 amide bonds. The average molecular weight is 323 g/mol. The van der Waals surface area contributed by atoms with Crippen molar-refractivity contribution >= 4 is 11.8 Å². The molecule has 7 heteroatoms. The monoisotopic (exact) mass is 323 g/mol. The lowest BCUT2D eigenvalue weighted by Crippen LogP contribution is -2.49. The molecule has 1 aromatic heterocycles. The number of methoxy groups -OCH3 is 1. The number of rotatable bonds is 6. The van der Waals surface area contributed by atoms with Gasteiger partial charge in [-0.1, -0.05) is 6.92 Å². The van der Waals surface area contributed by atoms with Crippen molar-refractivity contribution in [2.45, 2.75) is 32.7 Å². The Labute approximate surface area is 136 Å². The Morgan fingerprint density at radius 1 is 1.48 bits per heavy atom. The highest BCUT2D eigenvalue weighted by Gasteiger charge is 2.31. The van der Waals surface area contributed by atoms with Gasteiger partial charge in [0.1, 0.15) is 5.69 Å². The maximum atomic E-state index is 13.0. The first-order valence-corrected chi connectivity index (χ1v) is 7.90. The van der Waals surface area contributed by atoms with Crippen molar-refractivity contribution < 1.29 is 19.1 Å². The Balaban J connectivity index is 2.31. The molecule has 7 nitrogen and oxygen atoms in total. The van der Waals surface area contributed by atoms with Crippen molar-refractivity contribution in [2.24, 2.45) is 5.73 Å². The van der Waals surface area contributed by atoms with Crippen molar-refractivity contribution in [3.63, 3.8) is 0 Å². The summed E-state index contributed by atoms with van der Waals surface area (Å²) in [5, 5.41) is 0. The van der Waals surface area contributed by atoms with E-state index in [0.29, 0.717) is 61.7 Å². The topological polar surface area (TPSA) is 97.7 Å². The molecule has 1 unspecified atom stereocenters. The van der Waals surface area contributed by atoms with E-state index < -0.39 is 5.91 Å². The number of nitrogens with zero attached hydrogens (tertiary/aromatic N) is 1. The lowest BCUT2D eigenvalue weighted by atomic mass is 10.0. The molecule has 0 bridgehead atoms. The molecule has 0 aliphatic carbocycles. The number of hydrogen-bond donors (Lipinski definition) is 2. The quantitative estimate of drug-likeness (QED) is 0.811. The van der Waals surface area contributed by atoms with Crippen LogP contribution in [0, 0.1) is 6.92 Å². The molecule has 1 aromatic rings. The third-order valence-electron chi connectivity index (χ3n) is 4.25. The highest BCUT2D eigenvalue weighted by atomic mass is 16.5. The minimum absolute atomic E-state index is 0.0264. The van der Waals surface area contributed by atoms with Crippen LogP contribution in [0.5, 0.6) is 0 Å². The molecule has 0 radical (unpaired) electrons. The van der Waals surface area contributed by atoms with Gasteiger partial charge in [0.05, 0.1) is 24.8 Å². The standard InChI is InChI=1S/C16H25N3O4/c1-4-12-13(15(17)20)10(2)18-14(12)16(21)19-6-8-23-9-11(19)5-7-22-3/h11,18H,4-9H2,1-3H3,(H2,17,20). The Bertz CT molecular complexity index is 582. The number of ether oxygens (including phenoxy) is 2. The second-order valence-electron chi connectivity index (χ2n) is 5.71. The zero-order valence-electron chi connectivity index (χ0n) is 14.0. The summed E-state index contributed by atoms with van der Waals surface area (Å²) >= 11 is 0. The van der Waals surface area contributed by atoms with Crippen LogP contribution in [0.4, 0.5) is 0 Å². The van der Waals surface area contributed by atoms with E-state index in [2.05, 4.69) is 4.98 Å². The lowest BCUT2D eigenvalue weighted by molar-refractivity contribution is -0.0107. The van der Waals surface area contributed by atoms with Gasteiger partial charge >= 0.3 is 0 Å². The van der Waals surface area contributed by atoms with Crippen LogP contribution >= 0.6 is 0 Å². The van der Waals surface area contributed by atoms with Crippen molar-refractivity contribution in [1.82, 2.24) is 9.88 Å². The molecule has 3 N–H and O–H groups in total. The fraction of sp³-hybridized carbons (Fsp3) is 0.625. The summed E-state index contributed by atoms with van der Waals surface area (Å²) in [6.07, 6.45) is 1.28. The Morgan fingerprint density at radius 3 is 2.83 bits per heavy atom. The first-order valence-electron chi connectivity index (χ1n) is 7.90. The average Bonchev–Trinajstić information content (AvgIpc) is 2.89. The normalized spacial score (nSPS) is 18.2. The first-order chi connectivity index (χ1) is 11.0. The van der Waals surface area contributed by atoms with Gasteiger partial charge in [0, 0.05) is 26.0 Å².